The van der Waals surface area contributed by atoms with Gasteiger partial charge in [0.25, 0.3) is 0 Å². The first-order valence-corrected chi connectivity index (χ1v) is 37.8. The highest BCUT2D eigenvalue weighted by molar-refractivity contribution is 5.77. The first kappa shape index (κ1) is 74.7. The van der Waals surface area contributed by atoms with Crippen LogP contribution in [0.15, 0.2) is 206 Å². The molecule has 100 heavy (non-hydrogen) atoms. The van der Waals surface area contributed by atoms with Crippen LogP contribution in [0.5, 0.6) is 11.5 Å². The van der Waals surface area contributed by atoms with Crippen LogP contribution in [0.25, 0.3) is 0 Å². The number of rotatable bonds is 32. The summed E-state index contributed by atoms with van der Waals surface area (Å²) >= 11 is 0. The molecule has 0 aromatic heterocycles. The number of hydrogen-bond acceptors (Lipinski definition) is 10. The Labute approximate surface area is 598 Å². The van der Waals surface area contributed by atoms with Crippen molar-refractivity contribution in [1.29, 1.82) is 0 Å². The van der Waals surface area contributed by atoms with Gasteiger partial charge in [0.05, 0.1) is 36.9 Å². The smallest absolute Gasteiger partial charge is 0.312 e. The van der Waals surface area contributed by atoms with Crippen molar-refractivity contribution in [1.82, 2.24) is 0 Å². The third-order valence-corrected chi connectivity index (χ3v) is 23.2. The van der Waals surface area contributed by atoms with Gasteiger partial charge in [0.2, 0.25) is 13.6 Å². The lowest BCUT2D eigenvalue weighted by atomic mass is 9.61. The van der Waals surface area contributed by atoms with E-state index in [9.17, 15) is 19.2 Å². The first-order valence-electron chi connectivity index (χ1n) is 37.8. The van der Waals surface area contributed by atoms with E-state index in [2.05, 4.69) is 218 Å². The molecule has 0 heterocycles. The zero-order valence-electron chi connectivity index (χ0n) is 61.1. The lowest BCUT2D eigenvalue weighted by molar-refractivity contribution is -0.157. The standard InChI is InChI=1S/C35H40O3.C33H42O5.C22H30O2/c1-3-25(2)20-31(27-10-6-4-7-11-27)23-33(28-12-8-5-9-13-28)29-16-18-32(19-17-29)37-24-38-35(36)34-22-26-14-15-30(34)21-26;1-6-23(2)20-33(26-10-8-7-9-11-26,21-32(3,4)31(35)36-5)27-14-16-28(17-15-27)37-22-38-30(34)29-19-24-12-13-25(29)18-24;1-3-16(2)13-19(18-7-5-4-6-8-18)11-12-24-22(23)21-15-17-9-10-20(21)14-17/h4-19,25-26,30-31,33-34H,3,20-24H2,1-2H3;7-17,23-25,29H,6,18-22H2,1-5H3;4-10,16-17,19-21H,3,11-15H2,1-2H3/t;;16?,17?,19?,20?,21-/m..1/s1. The largest absolute Gasteiger partial charge is 0.469 e. The van der Waals surface area contributed by atoms with E-state index < -0.39 is 10.8 Å². The van der Waals surface area contributed by atoms with E-state index >= 15 is 0 Å². The van der Waals surface area contributed by atoms with Gasteiger partial charge in [-0.3, -0.25) is 19.2 Å². The van der Waals surface area contributed by atoms with Crippen molar-refractivity contribution >= 4 is 23.9 Å². The van der Waals surface area contributed by atoms with Gasteiger partial charge in [-0.2, -0.15) is 0 Å². The first-order chi connectivity index (χ1) is 48.5. The Hall–Kier alpha value is -7.98. The number of ether oxygens (including phenoxy) is 6. The van der Waals surface area contributed by atoms with Gasteiger partial charge in [-0.15, -0.1) is 0 Å². The van der Waals surface area contributed by atoms with Gasteiger partial charge in [-0.25, -0.2) is 0 Å². The molecule has 6 aliphatic rings. The van der Waals surface area contributed by atoms with E-state index in [0.29, 0.717) is 83.9 Å². The molecule has 10 nitrogen and oxygen atoms in total. The van der Waals surface area contributed by atoms with Crippen molar-refractivity contribution in [2.24, 2.45) is 76.4 Å². The van der Waals surface area contributed by atoms with Crippen LogP contribution in [0.4, 0.5) is 0 Å². The fraction of sp³-hybridized carbons (Fsp3) is 0.489. The van der Waals surface area contributed by atoms with E-state index in [-0.39, 0.29) is 61.1 Å². The molecule has 0 spiro atoms. The van der Waals surface area contributed by atoms with E-state index in [4.69, 9.17) is 28.4 Å². The Morgan fingerprint density at radius 3 is 1.24 bits per heavy atom. The molecule has 10 heteroatoms. The molecule has 6 aromatic carbocycles. The lowest BCUT2D eigenvalue weighted by Gasteiger charge is -2.42. The number of benzene rings is 6. The molecule has 0 N–H and O–H groups in total. The van der Waals surface area contributed by atoms with Crippen LogP contribution in [0.3, 0.4) is 0 Å². The zero-order valence-corrected chi connectivity index (χ0v) is 61.1. The van der Waals surface area contributed by atoms with Gasteiger partial charge in [0.15, 0.2) is 0 Å². The van der Waals surface area contributed by atoms with Crippen LogP contribution >= 0.6 is 0 Å². The van der Waals surface area contributed by atoms with Gasteiger partial charge in [0.1, 0.15) is 11.5 Å². The summed E-state index contributed by atoms with van der Waals surface area (Å²) in [6, 6.07) is 59.3. The minimum Gasteiger partial charge on any atom is -0.469 e. The number of methoxy groups -OCH3 is 1. The molecule has 12 rings (SSSR count). The molecule has 532 valence electrons. The third-order valence-electron chi connectivity index (χ3n) is 23.2. The minimum absolute atomic E-state index is 0.00408. The number of carbonyl (C=O) groups excluding carboxylic acids is 4. The average Bonchev–Trinajstić information content (AvgIpc) is 1.34. The predicted molar refractivity (Wildman–Crippen MR) is 399 cm³/mol. The molecule has 6 aromatic rings. The van der Waals surface area contributed by atoms with Gasteiger partial charge < -0.3 is 28.4 Å². The van der Waals surface area contributed by atoms with Crippen molar-refractivity contribution in [3.05, 3.63) is 240 Å². The summed E-state index contributed by atoms with van der Waals surface area (Å²) in [7, 11) is 1.45. The summed E-state index contributed by atoms with van der Waals surface area (Å²) in [6.45, 7) is 18.0. The Morgan fingerprint density at radius 1 is 0.430 bits per heavy atom. The van der Waals surface area contributed by atoms with Crippen LogP contribution in [0, 0.1) is 76.4 Å². The summed E-state index contributed by atoms with van der Waals surface area (Å²) in [5.41, 5.74) is 6.63. The van der Waals surface area contributed by atoms with Gasteiger partial charge in [-0.05, 0) is 214 Å². The molecule has 6 bridgehead atoms. The van der Waals surface area contributed by atoms with Gasteiger partial charge in [-0.1, -0.05) is 243 Å². The highest BCUT2D eigenvalue weighted by Crippen LogP contribution is 2.50. The van der Waals surface area contributed by atoms with Crippen LogP contribution in [-0.4, -0.2) is 51.2 Å². The summed E-state index contributed by atoms with van der Waals surface area (Å²) in [4.78, 5) is 50.2. The number of esters is 4. The second kappa shape index (κ2) is 36.1. The van der Waals surface area contributed by atoms with Crippen LogP contribution in [-0.2, 0) is 43.5 Å². The molecule has 15 unspecified atom stereocenters. The Bertz CT molecular complexity index is 3600. The van der Waals surface area contributed by atoms with Crippen LogP contribution in [0.2, 0.25) is 0 Å². The number of fused-ring (bicyclic) bond motifs is 6. The van der Waals surface area contributed by atoms with Crippen molar-refractivity contribution in [3.8, 4) is 11.5 Å². The monoisotopic (exact) mass is 1350 g/mol. The van der Waals surface area contributed by atoms with Crippen LogP contribution < -0.4 is 9.47 Å². The van der Waals surface area contributed by atoms with Crippen LogP contribution in [0.1, 0.15) is 203 Å². The van der Waals surface area contributed by atoms with E-state index in [1.165, 1.54) is 54.2 Å². The lowest BCUT2D eigenvalue weighted by Crippen LogP contribution is -2.39. The Morgan fingerprint density at radius 2 is 0.820 bits per heavy atom. The SMILES string of the molecule is CCC(C)CC(CC(C)(C)C(=O)OC)(c1ccccc1)c1ccc(OCOC(=O)C2CC3C=CC2C3)cc1.CCC(C)CC(CC(c1ccccc1)c1ccc(OCOC(=O)C2CC3C=CC2C3)cc1)c1ccccc1.CCC(C)CC(CCOC(=O)[C@@H]1CC2C=CC1C2)c1ccccc1. The van der Waals surface area contributed by atoms with Crippen molar-refractivity contribution in [3.63, 3.8) is 0 Å². The third kappa shape index (κ3) is 19.8. The van der Waals surface area contributed by atoms with Crippen molar-refractivity contribution < 1.29 is 47.6 Å². The molecular formula is C90H112O10. The Balaban J connectivity index is 0.000000167. The molecule has 3 saturated carbocycles. The molecule has 0 amide bonds. The normalized spacial score (nSPS) is 23.5. The molecule has 6 aliphatic carbocycles. The molecule has 3 fully saturated rings. The minimum atomic E-state index is -0.684. The molecule has 0 aliphatic heterocycles. The molecule has 0 saturated heterocycles. The summed E-state index contributed by atoms with van der Waals surface area (Å²) in [5, 5.41) is 0. The number of carbonyl (C=O) groups is 4. The summed E-state index contributed by atoms with van der Waals surface area (Å²) < 4.78 is 33.5. The average molecular weight is 1350 g/mol. The predicted octanol–water partition coefficient (Wildman–Crippen LogP) is 21.0. The van der Waals surface area contributed by atoms with E-state index in [1.807, 2.05) is 44.2 Å². The fourth-order valence-electron chi connectivity index (χ4n) is 17.0. The van der Waals surface area contributed by atoms with Gasteiger partial charge in [0, 0.05) is 11.3 Å². The van der Waals surface area contributed by atoms with Crippen molar-refractivity contribution in [2.75, 3.05) is 27.3 Å². The fourth-order valence-corrected chi connectivity index (χ4v) is 17.0. The maximum absolute atomic E-state index is 12.8. The topological polar surface area (TPSA) is 124 Å². The second-order valence-electron chi connectivity index (χ2n) is 30.8. The van der Waals surface area contributed by atoms with Crippen molar-refractivity contribution in [2.45, 2.75) is 175 Å². The highest BCUT2D eigenvalue weighted by Gasteiger charge is 2.46. The van der Waals surface area contributed by atoms with E-state index in [1.54, 1.807) is 0 Å². The number of allylic oxidation sites excluding steroid dienone is 6. The second-order valence-corrected chi connectivity index (χ2v) is 30.8. The molecule has 16 atom stereocenters. The Kier molecular flexibility index (Phi) is 26.9. The zero-order chi connectivity index (χ0) is 70.6. The molecular weight excluding hydrogens is 1240 g/mol. The van der Waals surface area contributed by atoms with Gasteiger partial charge >= 0.3 is 23.9 Å². The number of hydrogen-bond donors (Lipinski definition) is 0. The molecule has 0 radical (unpaired) electrons. The van der Waals surface area contributed by atoms with E-state index in [0.717, 1.165) is 81.9 Å². The summed E-state index contributed by atoms with van der Waals surface area (Å²) in [6.07, 6.45) is 28.6. The quantitative estimate of drug-likeness (QED) is 0.0175. The highest BCUT2D eigenvalue weighted by atomic mass is 16.7. The maximum Gasteiger partial charge on any atom is 0.312 e. The summed E-state index contributed by atoms with van der Waals surface area (Å²) in [5.74, 6) is 6.81. The maximum atomic E-state index is 12.8.